The van der Waals surface area contributed by atoms with Gasteiger partial charge in [-0.15, -0.1) is 0 Å². The van der Waals surface area contributed by atoms with Crippen molar-refractivity contribution in [3.8, 4) is 17.2 Å². The normalized spacial score (nSPS) is 11.9. The molecule has 0 saturated heterocycles. The number of anilines is 1. The smallest absolute Gasteiger partial charge is 0.231 e. The maximum Gasteiger partial charge on any atom is 0.231 e. The SMILES string of the molecule is O=C(CCc1ccc2c(c1)OCO2)Nc1cccc(COc2cccc(F)c2)c1. The zero-order valence-electron chi connectivity index (χ0n) is 15.7. The molecular formula is C23H20FNO4. The minimum Gasteiger partial charge on any atom is -0.489 e. The molecule has 0 unspecified atom stereocenters. The van der Waals surface area contributed by atoms with E-state index in [1.165, 1.54) is 12.1 Å². The molecule has 0 saturated carbocycles. The van der Waals surface area contributed by atoms with Gasteiger partial charge in [0.2, 0.25) is 12.7 Å². The summed E-state index contributed by atoms with van der Waals surface area (Å²) in [6.45, 7) is 0.517. The van der Waals surface area contributed by atoms with Gasteiger partial charge in [0.1, 0.15) is 18.2 Å². The summed E-state index contributed by atoms with van der Waals surface area (Å²) >= 11 is 0. The van der Waals surface area contributed by atoms with E-state index in [4.69, 9.17) is 14.2 Å². The summed E-state index contributed by atoms with van der Waals surface area (Å²) in [5, 5.41) is 2.90. The highest BCUT2D eigenvalue weighted by Crippen LogP contribution is 2.32. The number of carbonyl (C=O) groups is 1. The van der Waals surface area contributed by atoms with E-state index in [0.29, 0.717) is 30.0 Å². The van der Waals surface area contributed by atoms with Crippen molar-refractivity contribution < 1.29 is 23.4 Å². The van der Waals surface area contributed by atoms with E-state index in [-0.39, 0.29) is 25.1 Å². The fourth-order valence-corrected chi connectivity index (χ4v) is 3.04. The molecule has 3 aromatic rings. The van der Waals surface area contributed by atoms with E-state index in [0.717, 1.165) is 16.9 Å². The molecule has 0 atom stereocenters. The van der Waals surface area contributed by atoms with Crippen molar-refractivity contribution in [2.45, 2.75) is 19.4 Å². The molecule has 0 bridgehead atoms. The molecule has 6 heteroatoms. The van der Waals surface area contributed by atoms with Gasteiger partial charge < -0.3 is 19.5 Å². The molecule has 0 spiro atoms. The van der Waals surface area contributed by atoms with Gasteiger partial charge in [-0.3, -0.25) is 4.79 Å². The fourth-order valence-electron chi connectivity index (χ4n) is 3.04. The lowest BCUT2D eigenvalue weighted by Gasteiger charge is -2.09. The predicted octanol–water partition coefficient (Wildman–Crippen LogP) is 4.70. The fraction of sp³-hybridized carbons (Fsp3) is 0.174. The molecule has 0 aliphatic carbocycles. The van der Waals surface area contributed by atoms with E-state index < -0.39 is 0 Å². The van der Waals surface area contributed by atoms with Crippen LogP contribution in [0.15, 0.2) is 66.7 Å². The largest absolute Gasteiger partial charge is 0.489 e. The van der Waals surface area contributed by atoms with Gasteiger partial charge in [0.15, 0.2) is 11.5 Å². The van der Waals surface area contributed by atoms with Crippen molar-refractivity contribution in [2.24, 2.45) is 0 Å². The van der Waals surface area contributed by atoms with Crippen LogP contribution in [-0.2, 0) is 17.8 Å². The average Bonchev–Trinajstić information content (AvgIpc) is 3.19. The van der Waals surface area contributed by atoms with Gasteiger partial charge in [0, 0.05) is 18.2 Å². The summed E-state index contributed by atoms with van der Waals surface area (Å²) < 4.78 is 29.5. The van der Waals surface area contributed by atoms with Crippen LogP contribution in [0.5, 0.6) is 17.2 Å². The second kappa shape index (κ2) is 8.65. The van der Waals surface area contributed by atoms with Crippen LogP contribution >= 0.6 is 0 Å². The van der Waals surface area contributed by atoms with Gasteiger partial charge >= 0.3 is 0 Å². The van der Waals surface area contributed by atoms with Crippen molar-refractivity contribution in [1.29, 1.82) is 0 Å². The average molecular weight is 393 g/mol. The Morgan fingerprint density at radius 3 is 2.72 bits per heavy atom. The molecule has 1 aliphatic rings. The van der Waals surface area contributed by atoms with Crippen LogP contribution in [0.25, 0.3) is 0 Å². The molecule has 148 valence electrons. The minimum absolute atomic E-state index is 0.0779. The Morgan fingerprint density at radius 1 is 0.966 bits per heavy atom. The Hall–Kier alpha value is -3.54. The van der Waals surface area contributed by atoms with Crippen LogP contribution in [0.3, 0.4) is 0 Å². The number of aryl methyl sites for hydroxylation is 1. The summed E-state index contributed by atoms with van der Waals surface area (Å²) in [6, 6.07) is 19.1. The number of carbonyl (C=O) groups excluding carboxylic acids is 1. The monoisotopic (exact) mass is 393 g/mol. The standard InChI is InChI=1S/C23H20FNO4/c24-18-4-2-6-20(13-18)27-14-17-3-1-5-19(11-17)25-23(26)10-8-16-7-9-21-22(12-16)29-15-28-21/h1-7,9,11-13H,8,10,14-15H2,(H,25,26). The molecule has 1 aliphatic heterocycles. The summed E-state index contributed by atoms with van der Waals surface area (Å²) in [7, 11) is 0. The van der Waals surface area contributed by atoms with Crippen molar-refractivity contribution in [2.75, 3.05) is 12.1 Å². The summed E-state index contributed by atoms with van der Waals surface area (Å²) in [6.07, 6.45) is 0.953. The van der Waals surface area contributed by atoms with Gasteiger partial charge in [-0.05, 0) is 53.9 Å². The predicted molar refractivity (Wildman–Crippen MR) is 107 cm³/mol. The van der Waals surface area contributed by atoms with Crippen LogP contribution in [0.4, 0.5) is 10.1 Å². The van der Waals surface area contributed by atoms with Crippen molar-refractivity contribution in [3.63, 3.8) is 0 Å². The number of rotatable bonds is 7. The van der Waals surface area contributed by atoms with Gasteiger partial charge in [0.25, 0.3) is 0 Å². The molecule has 1 amide bonds. The second-order valence-electron chi connectivity index (χ2n) is 6.68. The Labute approximate surface area is 168 Å². The molecular weight excluding hydrogens is 373 g/mol. The van der Waals surface area contributed by atoms with Crippen molar-refractivity contribution in [1.82, 2.24) is 0 Å². The highest BCUT2D eigenvalue weighted by Gasteiger charge is 2.13. The van der Waals surface area contributed by atoms with Gasteiger partial charge in [-0.25, -0.2) is 4.39 Å². The van der Waals surface area contributed by atoms with E-state index in [9.17, 15) is 9.18 Å². The van der Waals surface area contributed by atoms with Gasteiger partial charge in [-0.1, -0.05) is 24.3 Å². The summed E-state index contributed by atoms with van der Waals surface area (Å²) in [5.41, 5.74) is 2.59. The number of benzene rings is 3. The number of fused-ring (bicyclic) bond motifs is 1. The number of hydrogen-bond acceptors (Lipinski definition) is 4. The lowest BCUT2D eigenvalue weighted by molar-refractivity contribution is -0.116. The number of hydrogen-bond donors (Lipinski definition) is 1. The highest BCUT2D eigenvalue weighted by atomic mass is 19.1. The second-order valence-corrected chi connectivity index (χ2v) is 6.68. The van der Waals surface area contributed by atoms with E-state index >= 15 is 0 Å². The first-order valence-electron chi connectivity index (χ1n) is 9.31. The number of amides is 1. The van der Waals surface area contributed by atoms with Crippen LogP contribution in [-0.4, -0.2) is 12.7 Å². The van der Waals surface area contributed by atoms with E-state index in [1.807, 2.05) is 42.5 Å². The van der Waals surface area contributed by atoms with Crippen LogP contribution in [0.2, 0.25) is 0 Å². The lowest BCUT2D eigenvalue weighted by atomic mass is 10.1. The quantitative estimate of drug-likeness (QED) is 0.632. The van der Waals surface area contributed by atoms with Gasteiger partial charge in [-0.2, -0.15) is 0 Å². The van der Waals surface area contributed by atoms with Crippen molar-refractivity contribution >= 4 is 11.6 Å². The molecule has 5 nitrogen and oxygen atoms in total. The maximum atomic E-state index is 13.2. The zero-order valence-corrected chi connectivity index (χ0v) is 15.7. The number of ether oxygens (including phenoxy) is 3. The molecule has 29 heavy (non-hydrogen) atoms. The first-order valence-corrected chi connectivity index (χ1v) is 9.31. The van der Waals surface area contributed by atoms with E-state index in [2.05, 4.69) is 5.32 Å². The third kappa shape index (κ3) is 5.04. The van der Waals surface area contributed by atoms with Crippen molar-refractivity contribution in [3.05, 3.63) is 83.7 Å². The zero-order chi connectivity index (χ0) is 20.1. The van der Waals surface area contributed by atoms with Crippen LogP contribution in [0.1, 0.15) is 17.5 Å². The first kappa shape index (κ1) is 18.8. The topological polar surface area (TPSA) is 56.8 Å². The summed E-state index contributed by atoms with van der Waals surface area (Å²) in [4.78, 5) is 12.3. The number of nitrogens with one attached hydrogen (secondary N) is 1. The van der Waals surface area contributed by atoms with Crippen LogP contribution < -0.4 is 19.5 Å². The molecule has 0 fully saturated rings. The Kier molecular flexibility index (Phi) is 5.61. The molecule has 3 aromatic carbocycles. The third-order valence-electron chi connectivity index (χ3n) is 4.49. The molecule has 0 radical (unpaired) electrons. The highest BCUT2D eigenvalue weighted by molar-refractivity contribution is 5.90. The first-order chi connectivity index (χ1) is 14.2. The Balaban J connectivity index is 1.29. The summed E-state index contributed by atoms with van der Waals surface area (Å²) in [5.74, 6) is 1.49. The molecule has 1 N–H and O–H groups in total. The van der Waals surface area contributed by atoms with Gasteiger partial charge in [0.05, 0.1) is 0 Å². The van der Waals surface area contributed by atoms with Crippen LogP contribution in [0, 0.1) is 5.82 Å². The maximum absolute atomic E-state index is 13.2. The van der Waals surface area contributed by atoms with E-state index in [1.54, 1.807) is 12.1 Å². The molecule has 1 heterocycles. The molecule has 0 aromatic heterocycles. The number of halogens is 1. The third-order valence-corrected chi connectivity index (χ3v) is 4.49. The Bertz CT molecular complexity index is 1020. The molecule has 4 rings (SSSR count). The lowest BCUT2D eigenvalue weighted by Crippen LogP contribution is -2.12. The Morgan fingerprint density at radius 2 is 1.83 bits per heavy atom. The minimum atomic E-state index is -0.342.